The van der Waals surface area contributed by atoms with Crippen LogP contribution in [0.1, 0.15) is 47.0 Å². The summed E-state index contributed by atoms with van der Waals surface area (Å²) >= 11 is 0. The number of hydrogen-bond acceptors (Lipinski definition) is 3. The Morgan fingerprint density at radius 3 is 2.37 bits per heavy atom. The molecule has 0 aliphatic heterocycles. The van der Waals surface area contributed by atoms with E-state index in [1.54, 1.807) is 0 Å². The van der Waals surface area contributed by atoms with Gasteiger partial charge in [-0.15, -0.1) is 0 Å². The smallest absolute Gasteiger partial charge is 0.231 e. The van der Waals surface area contributed by atoms with Gasteiger partial charge in [-0.2, -0.15) is 5.10 Å². The molecule has 4 heteroatoms. The van der Waals surface area contributed by atoms with E-state index < -0.39 is 0 Å². The van der Waals surface area contributed by atoms with Gasteiger partial charge in [0, 0.05) is 27.2 Å². The van der Waals surface area contributed by atoms with Crippen molar-refractivity contribution in [2.45, 2.75) is 47.0 Å². The predicted molar refractivity (Wildman–Crippen MR) is 80.2 cm³/mol. The van der Waals surface area contributed by atoms with Gasteiger partial charge >= 0.3 is 0 Å². The lowest BCUT2D eigenvalue weighted by Gasteiger charge is -2.37. The topological polar surface area (TPSA) is 35.9 Å². The summed E-state index contributed by atoms with van der Waals surface area (Å²) in [6.45, 7) is 10.1. The molecule has 1 rings (SSSR count). The van der Waals surface area contributed by atoms with E-state index in [4.69, 9.17) is 0 Å². The van der Waals surface area contributed by atoms with Crippen LogP contribution < -0.4 is 0 Å². The molecule has 0 N–H and O–H groups in total. The van der Waals surface area contributed by atoms with E-state index in [0.29, 0.717) is 0 Å². The van der Waals surface area contributed by atoms with Crippen molar-refractivity contribution in [1.29, 1.82) is 0 Å². The number of amides is 1. The largest absolute Gasteiger partial charge is 0.343 e. The second kappa shape index (κ2) is 6.40. The lowest BCUT2D eigenvalue weighted by Crippen LogP contribution is -2.44. The Hall–Kier alpha value is -1.06. The molecule has 0 saturated heterocycles. The molecular formula is C15H29N3O. The lowest BCUT2D eigenvalue weighted by atomic mass is 9.71. The Kier molecular flexibility index (Phi) is 5.39. The van der Waals surface area contributed by atoms with Gasteiger partial charge < -0.3 is 9.91 Å². The summed E-state index contributed by atoms with van der Waals surface area (Å²) in [7, 11) is 3.84. The van der Waals surface area contributed by atoms with E-state index >= 15 is 0 Å². The Balaban J connectivity index is 2.97. The first-order valence-corrected chi connectivity index (χ1v) is 7.34. The van der Waals surface area contributed by atoms with Gasteiger partial charge in [-0.1, -0.05) is 13.8 Å². The molecule has 110 valence electrons. The molecule has 1 amide bonds. The maximum absolute atomic E-state index is 12.7. The predicted octanol–water partition coefficient (Wildman–Crippen LogP) is 2.60. The summed E-state index contributed by atoms with van der Waals surface area (Å²) in [5.41, 5.74) is 1.29. The van der Waals surface area contributed by atoms with Gasteiger partial charge in [-0.3, -0.25) is 4.79 Å². The molecule has 0 aromatic carbocycles. The first kappa shape index (κ1) is 16.0. The van der Waals surface area contributed by atoms with Crippen LogP contribution in [-0.4, -0.2) is 48.7 Å². The molecule has 0 aromatic heterocycles. The van der Waals surface area contributed by atoms with E-state index in [1.165, 1.54) is 0 Å². The molecule has 0 aromatic rings. The van der Waals surface area contributed by atoms with Crippen molar-refractivity contribution >= 4 is 11.6 Å². The van der Waals surface area contributed by atoms with Gasteiger partial charge in [0.05, 0.1) is 11.6 Å². The van der Waals surface area contributed by atoms with Gasteiger partial charge in [0.2, 0.25) is 5.91 Å². The van der Waals surface area contributed by atoms with E-state index in [0.717, 1.165) is 38.1 Å². The van der Waals surface area contributed by atoms with Crippen molar-refractivity contribution < 1.29 is 4.79 Å². The molecule has 1 aliphatic rings. The van der Waals surface area contributed by atoms with Crippen LogP contribution in [0.3, 0.4) is 0 Å². The highest BCUT2D eigenvalue weighted by molar-refractivity contribution is 6.04. The summed E-state index contributed by atoms with van der Waals surface area (Å²) in [6, 6.07) is 0. The first-order chi connectivity index (χ1) is 8.80. The van der Waals surface area contributed by atoms with Crippen LogP contribution in [-0.2, 0) is 4.79 Å². The number of hydrogen-bond donors (Lipinski definition) is 0. The van der Waals surface area contributed by atoms with Crippen LogP contribution in [0.2, 0.25) is 0 Å². The van der Waals surface area contributed by atoms with Crippen molar-refractivity contribution in [2.75, 3.05) is 27.2 Å². The Bertz CT molecular complexity index is 343. The van der Waals surface area contributed by atoms with E-state index in [-0.39, 0.29) is 17.2 Å². The molecule has 0 radical (unpaired) electrons. The quantitative estimate of drug-likeness (QED) is 0.734. The normalized spacial score (nSPS) is 24.3. The zero-order valence-corrected chi connectivity index (χ0v) is 13.4. The van der Waals surface area contributed by atoms with Crippen LogP contribution >= 0.6 is 0 Å². The minimum absolute atomic E-state index is 0.0361. The second-order valence-electron chi connectivity index (χ2n) is 6.37. The molecule has 4 nitrogen and oxygen atoms in total. The van der Waals surface area contributed by atoms with Crippen molar-refractivity contribution in [3.63, 3.8) is 0 Å². The molecular weight excluding hydrogens is 238 g/mol. The SMILES string of the molecule is CCN(CC)C(=O)C1CC(C)(C)CC/C1=N\N(C)C. The summed E-state index contributed by atoms with van der Waals surface area (Å²) in [6.07, 6.45) is 2.96. The maximum Gasteiger partial charge on any atom is 0.231 e. The number of rotatable bonds is 4. The molecule has 1 fully saturated rings. The van der Waals surface area contributed by atoms with Crippen molar-refractivity contribution in [1.82, 2.24) is 9.91 Å². The average Bonchev–Trinajstić information content (AvgIpc) is 2.32. The molecule has 0 spiro atoms. The molecule has 0 bridgehead atoms. The third-order valence-electron chi connectivity index (χ3n) is 3.92. The van der Waals surface area contributed by atoms with E-state index in [1.807, 2.05) is 37.9 Å². The van der Waals surface area contributed by atoms with Crippen molar-refractivity contribution in [2.24, 2.45) is 16.4 Å². The number of nitrogens with zero attached hydrogens (tertiary/aromatic N) is 3. The van der Waals surface area contributed by atoms with Gasteiger partial charge in [0.15, 0.2) is 0 Å². The van der Waals surface area contributed by atoms with Crippen LogP contribution in [0.25, 0.3) is 0 Å². The zero-order chi connectivity index (χ0) is 14.6. The van der Waals surface area contributed by atoms with Crippen molar-refractivity contribution in [3.8, 4) is 0 Å². The van der Waals surface area contributed by atoms with Crippen molar-refractivity contribution in [3.05, 3.63) is 0 Å². The van der Waals surface area contributed by atoms with Crippen LogP contribution in [0.4, 0.5) is 0 Å². The number of carbonyl (C=O) groups is 1. The molecule has 19 heavy (non-hydrogen) atoms. The third kappa shape index (κ3) is 4.22. The zero-order valence-electron chi connectivity index (χ0n) is 13.4. The molecule has 0 heterocycles. The fourth-order valence-electron chi connectivity index (χ4n) is 2.78. The minimum Gasteiger partial charge on any atom is -0.343 e. The Labute approximate surface area is 117 Å². The minimum atomic E-state index is -0.0361. The van der Waals surface area contributed by atoms with Gasteiger partial charge in [0.1, 0.15) is 0 Å². The van der Waals surface area contributed by atoms with Crippen LogP contribution in [0.15, 0.2) is 5.10 Å². The summed E-state index contributed by atoms with van der Waals surface area (Å²) < 4.78 is 0. The highest BCUT2D eigenvalue weighted by atomic mass is 16.2. The summed E-state index contributed by atoms with van der Waals surface area (Å²) in [4.78, 5) is 14.6. The van der Waals surface area contributed by atoms with Gasteiger partial charge in [0.25, 0.3) is 0 Å². The van der Waals surface area contributed by atoms with Gasteiger partial charge in [-0.25, -0.2) is 0 Å². The van der Waals surface area contributed by atoms with E-state index in [9.17, 15) is 4.79 Å². The van der Waals surface area contributed by atoms with Crippen LogP contribution in [0.5, 0.6) is 0 Å². The third-order valence-corrected chi connectivity index (χ3v) is 3.92. The number of carbonyl (C=O) groups excluding carboxylic acids is 1. The standard InChI is InChI=1S/C15H29N3O/c1-7-18(8-2)14(19)12-11-15(3,4)10-9-13(12)16-17(5)6/h12H,7-11H2,1-6H3/b16-13+. The van der Waals surface area contributed by atoms with Crippen LogP contribution in [0, 0.1) is 11.3 Å². The fourth-order valence-corrected chi connectivity index (χ4v) is 2.78. The van der Waals surface area contributed by atoms with E-state index in [2.05, 4.69) is 18.9 Å². The highest BCUT2D eigenvalue weighted by Crippen LogP contribution is 2.38. The molecule has 1 atom stereocenters. The Morgan fingerprint density at radius 1 is 1.32 bits per heavy atom. The lowest BCUT2D eigenvalue weighted by molar-refractivity contribution is -0.134. The molecule has 1 unspecified atom stereocenters. The second-order valence-corrected chi connectivity index (χ2v) is 6.37. The van der Waals surface area contributed by atoms with Gasteiger partial charge in [-0.05, 0) is 38.5 Å². The number of hydrazone groups is 1. The average molecular weight is 267 g/mol. The first-order valence-electron chi connectivity index (χ1n) is 7.34. The maximum atomic E-state index is 12.7. The monoisotopic (exact) mass is 267 g/mol. The molecule has 1 aliphatic carbocycles. The summed E-state index contributed by atoms with van der Waals surface area (Å²) in [5, 5.41) is 6.37. The highest BCUT2D eigenvalue weighted by Gasteiger charge is 2.38. The summed E-state index contributed by atoms with van der Waals surface area (Å²) in [5.74, 6) is 0.212. The molecule has 1 saturated carbocycles. The fraction of sp³-hybridized carbons (Fsp3) is 0.867. The Morgan fingerprint density at radius 2 is 1.89 bits per heavy atom.